The van der Waals surface area contributed by atoms with Crippen LogP contribution in [0.2, 0.25) is 0 Å². The molecule has 0 bridgehead atoms. The lowest BCUT2D eigenvalue weighted by atomic mass is 10.1. The topological polar surface area (TPSA) is 88.9 Å². The number of amides is 2. The molecule has 1 aromatic carbocycles. The third-order valence-electron chi connectivity index (χ3n) is 4.28. The molecule has 0 saturated heterocycles. The highest BCUT2D eigenvalue weighted by molar-refractivity contribution is 6.09. The van der Waals surface area contributed by atoms with Crippen LogP contribution >= 0.6 is 0 Å². The third kappa shape index (κ3) is 4.19. The molecule has 7 heteroatoms. The largest absolute Gasteiger partial charge is 0.352 e. The number of pyridine rings is 1. The first-order valence-electron chi connectivity index (χ1n) is 9.38. The van der Waals surface area contributed by atoms with E-state index in [1.807, 2.05) is 32.4 Å². The highest BCUT2D eigenvalue weighted by Gasteiger charge is 2.16. The Kier molecular flexibility index (Phi) is 5.73. The first-order valence-corrected chi connectivity index (χ1v) is 9.38. The van der Waals surface area contributed by atoms with Gasteiger partial charge >= 0.3 is 0 Å². The fraction of sp³-hybridized carbons (Fsp3) is 0.333. The molecule has 7 nitrogen and oxygen atoms in total. The van der Waals surface area contributed by atoms with Gasteiger partial charge in [-0.2, -0.15) is 5.10 Å². The van der Waals surface area contributed by atoms with E-state index >= 15 is 0 Å². The molecule has 0 aliphatic heterocycles. The van der Waals surface area contributed by atoms with Crippen LogP contribution in [0.4, 0.5) is 5.69 Å². The fourth-order valence-electron chi connectivity index (χ4n) is 2.82. The lowest BCUT2D eigenvalue weighted by Crippen LogP contribution is -2.28. The maximum absolute atomic E-state index is 12.7. The summed E-state index contributed by atoms with van der Waals surface area (Å²) in [6.45, 7) is 8.67. The second-order valence-corrected chi connectivity index (χ2v) is 7.42. The predicted molar refractivity (Wildman–Crippen MR) is 109 cm³/mol. The molecule has 2 aromatic heterocycles. The number of fused-ring (bicyclic) bond motifs is 1. The highest BCUT2D eigenvalue weighted by Crippen LogP contribution is 2.19. The molecule has 0 saturated carbocycles. The SMILES string of the molecule is CC(C)CNC(=O)c1ccccc1NC(=O)c1cnc2c(cnn2C(C)C)c1. The third-order valence-corrected chi connectivity index (χ3v) is 4.28. The maximum atomic E-state index is 12.7. The summed E-state index contributed by atoms with van der Waals surface area (Å²) in [5.74, 6) is -0.192. The average molecular weight is 379 g/mol. The van der Waals surface area contributed by atoms with E-state index in [-0.39, 0.29) is 17.9 Å². The Labute approximate surface area is 164 Å². The first-order chi connectivity index (χ1) is 13.4. The summed E-state index contributed by atoms with van der Waals surface area (Å²) in [5, 5.41) is 10.8. The average Bonchev–Trinajstić information content (AvgIpc) is 3.10. The molecule has 0 radical (unpaired) electrons. The number of carbonyl (C=O) groups is 2. The number of rotatable bonds is 6. The molecule has 0 unspecified atom stereocenters. The van der Waals surface area contributed by atoms with Crippen LogP contribution in [0.5, 0.6) is 0 Å². The predicted octanol–water partition coefficient (Wildman–Crippen LogP) is 3.65. The van der Waals surface area contributed by atoms with Gasteiger partial charge in [0.15, 0.2) is 5.65 Å². The summed E-state index contributed by atoms with van der Waals surface area (Å²) in [6, 6.07) is 8.90. The summed E-state index contributed by atoms with van der Waals surface area (Å²) >= 11 is 0. The van der Waals surface area contributed by atoms with Crippen molar-refractivity contribution in [1.29, 1.82) is 0 Å². The molecule has 0 aliphatic carbocycles. The number of para-hydroxylation sites is 1. The zero-order valence-corrected chi connectivity index (χ0v) is 16.6. The molecule has 2 amide bonds. The lowest BCUT2D eigenvalue weighted by molar-refractivity contribution is 0.0950. The Bertz CT molecular complexity index is 1010. The van der Waals surface area contributed by atoms with Crippen LogP contribution in [-0.2, 0) is 0 Å². The van der Waals surface area contributed by atoms with E-state index in [1.54, 1.807) is 36.5 Å². The summed E-state index contributed by atoms with van der Waals surface area (Å²) in [5.41, 5.74) is 2.04. The minimum Gasteiger partial charge on any atom is -0.352 e. The van der Waals surface area contributed by atoms with Crippen LogP contribution in [0.3, 0.4) is 0 Å². The van der Waals surface area contributed by atoms with Crippen LogP contribution in [0.1, 0.15) is 54.5 Å². The van der Waals surface area contributed by atoms with Crippen molar-refractivity contribution in [2.24, 2.45) is 5.92 Å². The van der Waals surface area contributed by atoms with Gasteiger partial charge in [0.05, 0.1) is 23.0 Å². The standard InChI is InChI=1S/C21H25N5O2/c1-13(2)10-23-21(28)17-7-5-6-8-18(17)25-20(27)16-9-15-12-24-26(14(3)4)19(15)22-11-16/h5-9,11-14H,10H2,1-4H3,(H,23,28)(H,25,27). The van der Waals surface area contributed by atoms with Gasteiger partial charge in [-0.1, -0.05) is 26.0 Å². The zero-order chi connectivity index (χ0) is 20.3. The number of hydrogen-bond acceptors (Lipinski definition) is 4. The number of aromatic nitrogens is 3. The fourth-order valence-corrected chi connectivity index (χ4v) is 2.82. The molecule has 0 spiro atoms. The molecular weight excluding hydrogens is 354 g/mol. The molecule has 0 aliphatic rings. The number of nitrogens with zero attached hydrogens (tertiary/aromatic N) is 3. The van der Waals surface area contributed by atoms with Crippen molar-refractivity contribution >= 4 is 28.5 Å². The minimum absolute atomic E-state index is 0.181. The van der Waals surface area contributed by atoms with Crippen LogP contribution in [0.15, 0.2) is 42.7 Å². The van der Waals surface area contributed by atoms with Crippen LogP contribution < -0.4 is 10.6 Å². The van der Waals surface area contributed by atoms with Crippen molar-refractivity contribution in [3.63, 3.8) is 0 Å². The number of nitrogens with one attached hydrogen (secondary N) is 2. The van der Waals surface area contributed by atoms with Gasteiger partial charge in [-0.25, -0.2) is 9.67 Å². The quantitative estimate of drug-likeness (QED) is 0.684. The number of hydrogen-bond donors (Lipinski definition) is 2. The van der Waals surface area contributed by atoms with Crippen LogP contribution in [-0.4, -0.2) is 33.1 Å². The Morgan fingerprint density at radius 1 is 1.07 bits per heavy atom. The number of anilines is 1. The van der Waals surface area contributed by atoms with E-state index in [0.717, 1.165) is 11.0 Å². The number of carbonyl (C=O) groups excluding carboxylic acids is 2. The van der Waals surface area contributed by atoms with Crippen molar-refractivity contribution < 1.29 is 9.59 Å². The van der Waals surface area contributed by atoms with Crippen LogP contribution in [0, 0.1) is 5.92 Å². The van der Waals surface area contributed by atoms with Crippen molar-refractivity contribution in [3.8, 4) is 0 Å². The van der Waals surface area contributed by atoms with Gasteiger partial charge in [0.1, 0.15) is 0 Å². The maximum Gasteiger partial charge on any atom is 0.257 e. The van der Waals surface area contributed by atoms with E-state index in [1.165, 1.54) is 6.20 Å². The lowest BCUT2D eigenvalue weighted by Gasteiger charge is -2.12. The minimum atomic E-state index is -0.323. The highest BCUT2D eigenvalue weighted by atomic mass is 16.2. The van der Waals surface area contributed by atoms with E-state index in [2.05, 4.69) is 20.7 Å². The Balaban J connectivity index is 1.82. The van der Waals surface area contributed by atoms with Gasteiger partial charge in [0.2, 0.25) is 0 Å². The second-order valence-electron chi connectivity index (χ2n) is 7.42. The second kappa shape index (κ2) is 8.21. The van der Waals surface area contributed by atoms with Crippen molar-refractivity contribution in [3.05, 3.63) is 53.9 Å². The molecule has 3 rings (SSSR count). The Morgan fingerprint density at radius 2 is 1.82 bits per heavy atom. The van der Waals surface area contributed by atoms with Crippen LogP contribution in [0.25, 0.3) is 11.0 Å². The molecule has 28 heavy (non-hydrogen) atoms. The van der Waals surface area contributed by atoms with Gasteiger partial charge in [0, 0.05) is 24.2 Å². The molecule has 2 heterocycles. The van der Waals surface area contributed by atoms with Gasteiger partial charge in [-0.15, -0.1) is 0 Å². The molecule has 2 N–H and O–H groups in total. The van der Waals surface area contributed by atoms with Gasteiger partial charge in [-0.3, -0.25) is 9.59 Å². The summed E-state index contributed by atoms with van der Waals surface area (Å²) in [4.78, 5) is 29.6. The zero-order valence-electron chi connectivity index (χ0n) is 16.6. The van der Waals surface area contributed by atoms with Crippen molar-refractivity contribution in [2.75, 3.05) is 11.9 Å². The summed E-state index contributed by atoms with van der Waals surface area (Å²) in [7, 11) is 0. The van der Waals surface area contributed by atoms with E-state index in [0.29, 0.717) is 29.3 Å². The molecular formula is C21H25N5O2. The normalized spacial score (nSPS) is 11.2. The van der Waals surface area contributed by atoms with Crippen molar-refractivity contribution in [1.82, 2.24) is 20.1 Å². The molecule has 0 atom stereocenters. The smallest absolute Gasteiger partial charge is 0.257 e. The van der Waals surface area contributed by atoms with Gasteiger partial charge < -0.3 is 10.6 Å². The summed E-state index contributed by atoms with van der Waals surface area (Å²) in [6.07, 6.45) is 3.23. The first kappa shape index (κ1) is 19.5. The Hall–Kier alpha value is -3.22. The summed E-state index contributed by atoms with van der Waals surface area (Å²) < 4.78 is 1.81. The van der Waals surface area contributed by atoms with Gasteiger partial charge in [-0.05, 0) is 38.0 Å². The molecule has 146 valence electrons. The van der Waals surface area contributed by atoms with E-state index in [4.69, 9.17) is 0 Å². The monoisotopic (exact) mass is 379 g/mol. The number of benzene rings is 1. The van der Waals surface area contributed by atoms with Crippen molar-refractivity contribution in [2.45, 2.75) is 33.7 Å². The Morgan fingerprint density at radius 3 is 2.54 bits per heavy atom. The van der Waals surface area contributed by atoms with E-state index in [9.17, 15) is 9.59 Å². The van der Waals surface area contributed by atoms with E-state index < -0.39 is 0 Å². The van der Waals surface area contributed by atoms with Gasteiger partial charge in [0.25, 0.3) is 11.8 Å². The molecule has 0 fully saturated rings. The molecule has 3 aromatic rings.